The molecule has 0 aromatic heterocycles. The normalized spacial score (nSPS) is 33.3. The maximum atomic E-state index is 13.3. The average Bonchev–Trinajstić information content (AvgIpc) is 2.71. The summed E-state index contributed by atoms with van der Waals surface area (Å²) >= 11 is 0. The number of likely N-dealkylation sites (tertiary alicyclic amines) is 1. The Labute approximate surface area is 161 Å². The minimum Gasteiger partial charge on any atom is -0.389 e. The minimum atomic E-state index is -0.774. The molecule has 27 heavy (non-hydrogen) atoms. The van der Waals surface area contributed by atoms with E-state index in [1.165, 1.54) is 18.4 Å². The van der Waals surface area contributed by atoms with Gasteiger partial charge in [-0.05, 0) is 37.0 Å². The van der Waals surface area contributed by atoms with Crippen LogP contribution in [0.1, 0.15) is 48.5 Å². The third-order valence-corrected chi connectivity index (χ3v) is 6.73. The fraction of sp³-hybridized carbons (Fsp3) is 0.682. The van der Waals surface area contributed by atoms with E-state index in [2.05, 4.69) is 19.1 Å². The lowest BCUT2D eigenvalue weighted by atomic mass is 9.66. The molecule has 0 bridgehead atoms. The lowest BCUT2D eigenvalue weighted by Crippen LogP contribution is -2.68. The Morgan fingerprint density at radius 3 is 2.78 bits per heavy atom. The zero-order valence-corrected chi connectivity index (χ0v) is 16.2. The van der Waals surface area contributed by atoms with E-state index in [4.69, 9.17) is 9.47 Å². The summed E-state index contributed by atoms with van der Waals surface area (Å²) in [6.07, 6.45) is 4.83. The largest absolute Gasteiger partial charge is 0.389 e. The number of aryl methyl sites for hydroxylation is 1. The van der Waals surface area contributed by atoms with E-state index >= 15 is 0 Å². The Hall–Kier alpha value is -1.43. The van der Waals surface area contributed by atoms with Gasteiger partial charge in [0.25, 0.3) is 5.91 Å². The van der Waals surface area contributed by atoms with Crippen LogP contribution in [0.25, 0.3) is 0 Å². The number of fused-ring (bicyclic) bond motifs is 3. The molecule has 0 unspecified atom stereocenters. The van der Waals surface area contributed by atoms with Crippen LogP contribution in [-0.4, -0.2) is 60.5 Å². The molecular formula is C22H31NO4. The van der Waals surface area contributed by atoms with Gasteiger partial charge in [-0.3, -0.25) is 4.79 Å². The van der Waals surface area contributed by atoms with Crippen LogP contribution in [0.3, 0.4) is 0 Å². The van der Waals surface area contributed by atoms with Gasteiger partial charge in [-0.15, -0.1) is 0 Å². The number of benzene rings is 1. The summed E-state index contributed by atoms with van der Waals surface area (Å²) in [4.78, 5) is 15.3. The first-order valence-corrected chi connectivity index (χ1v) is 10.4. The average molecular weight is 373 g/mol. The highest BCUT2D eigenvalue weighted by Crippen LogP contribution is 2.44. The van der Waals surface area contributed by atoms with Crippen molar-refractivity contribution in [2.75, 3.05) is 33.0 Å². The maximum absolute atomic E-state index is 13.3. The summed E-state index contributed by atoms with van der Waals surface area (Å²) in [5.41, 5.74) is 1.25. The molecule has 3 heterocycles. The Balaban J connectivity index is 1.55. The van der Waals surface area contributed by atoms with Gasteiger partial charge >= 0.3 is 0 Å². The van der Waals surface area contributed by atoms with E-state index in [1.807, 2.05) is 17.0 Å². The molecule has 0 saturated carbocycles. The number of ether oxygens (including phenoxy) is 2. The van der Waals surface area contributed by atoms with Crippen molar-refractivity contribution in [2.24, 2.45) is 11.8 Å². The number of amides is 1. The number of nitrogens with zero attached hydrogens (tertiary/aromatic N) is 1. The molecule has 1 N–H and O–H groups in total. The molecule has 4 rings (SSSR count). The molecule has 1 aromatic rings. The molecule has 5 nitrogen and oxygen atoms in total. The Morgan fingerprint density at radius 1 is 1.22 bits per heavy atom. The molecule has 5 heteroatoms. The fourth-order valence-corrected chi connectivity index (χ4v) is 5.05. The standard InChI is InChI=1S/C22H31NO4/c1-2-3-4-16-5-7-17(8-6-16)21(24)23-13-18-14-27-12-10-22(18,25)19-15-26-11-9-20(19)23/h5-8,18-20,25H,2-4,9-15H2,1H3/t18-,19+,20-,22-/m1/s1. The molecule has 1 amide bonds. The summed E-state index contributed by atoms with van der Waals surface area (Å²) in [6.45, 7) is 5.03. The van der Waals surface area contributed by atoms with Gasteiger partial charge in [0.15, 0.2) is 0 Å². The van der Waals surface area contributed by atoms with Crippen LogP contribution >= 0.6 is 0 Å². The molecular weight excluding hydrogens is 342 g/mol. The van der Waals surface area contributed by atoms with Gasteiger partial charge in [0.2, 0.25) is 0 Å². The first-order valence-electron chi connectivity index (χ1n) is 10.4. The van der Waals surface area contributed by atoms with Crippen molar-refractivity contribution in [2.45, 2.75) is 50.7 Å². The van der Waals surface area contributed by atoms with Gasteiger partial charge in [-0.25, -0.2) is 0 Å². The van der Waals surface area contributed by atoms with Gasteiger partial charge in [0.1, 0.15) is 0 Å². The fourth-order valence-electron chi connectivity index (χ4n) is 5.05. The third kappa shape index (κ3) is 3.53. The number of rotatable bonds is 4. The van der Waals surface area contributed by atoms with Crippen LogP contribution in [0, 0.1) is 11.8 Å². The molecule has 3 aliphatic rings. The van der Waals surface area contributed by atoms with E-state index < -0.39 is 5.60 Å². The Bertz CT molecular complexity index is 661. The Kier molecular flexibility index (Phi) is 5.53. The Morgan fingerprint density at radius 2 is 2.00 bits per heavy atom. The van der Waals surface area contributed by atoms with Crippen molar-refractivity contribution in [1.29, 1.82) is 0 Å². The SMILES string of the molecule is CCCCc1ccc(C(=O)N2C[C@@H]3COCC[C@]3(O)[C@H]3COCC[C@H]32)cc1. The second-order valence-electron chi connectivity index (χ2n) is 8.31. The van der Waals surface area contributed by atoms with Crippen LogP contribution in [-0.2, 0) is 15.9 Å². The summed E-state index contributed by atoms with van der Waals surface area (Å²) in [5, 5.41) is 11.4. The quantitative estimate of drug-likeness (QED) is 0.882. The summed E-state index contributed by atoms with van der Waals surface area (Å²) in [5.74, 6) is 0.00483. The summed E-state index contributed by atoms with van der Waals surface area (Å²) in [7, 11) is 0. The van der Waals surface area contributed by atoms with Crippen molar-refractivity contribution in [3.8, 4) is 0 Å². The number of unbranched alkanes of at least 4 members (excludes halogenated alkanes) is 1. The highest BCUT2D eigenvalue weighted by Gasteiger charge is 2.56. The van der Waals surface area contributed by atoms with Gasteiger partial charge in [0, 0.05) is 49.6 Å². The summed E-state index contributed by atoms with van der Waals surface area (Å²) < 4.78 is 11.3. The second-order valence-corrected chi connectivity index (χ2v) is 8.31. The first-order chi connectivity index (χ1) is 13.1. The van der Waals surface area contributed by atoms with Gasteiger partial charge < -0.3 is 19.5 Å². The first kappa shape index (κ1) is 18.9. The van der Waals surface area contributed by atoms with Crippen molar-refractivity contribution in [3.63, 3.8) is 0 Å². The van der Waals surface area contributed by atoms with Crippen molar-refractivity contribution in [1.82, 2.24) is 4.90 Å². The van der Waals surface area contributed by atoms with Gasteiger partial charge in [-0.1, -0.05) is 25.5 Å². The van der Waals surface area contributed by atoms with Crippen LogP contribution in [0.2, 0.25) is 0 Å². The number of aliphatic hydroxyl groups is 1. The van der Waals surface area contributed by atoms with E-state index in [9.17, 15) is 9.90 Å². The van der Waals surface area contributed by atoms with Gasteiger partial charge in [-0.2, -0.15) is 0 Å². The zero-order chi connectivity index (χ0) is 18.9. The number of hydrogen-bond donors (Lipinski definition) is 1. The molecule has 4 atom stereocenters. The van der Waals surface area contributed by atoms with Crippen molar-refractivity contribution < 1.29 is 19.4 Å². The topological polar surface area (TPSA) is 59.0 Å². The monoisotopic (exact) mass is 373 g/mol. The zero-order valence-electron chi connectivity index (χ0n) is 16.2. The lowest BCUT2D eigenvalue weighted by Gasteiger charge is -2.57. The second kappa shape index (κ2) is 7.90. The van der Waals surface area contributed by atoms with Crippen LogP contribution in [0.5, 0.6) is 0 Å². The van der Waals surface area contributed by atoms with Crippen molar-refractivity contribution >= 4 is 5.91 Å². The van der Waals surface area contributed by atoms with Gasteiger partial charge in [0.05, 0.1) is 18.8 Å². The molecule has 3 fully saturated rings. The lowest BCUT2D eigenvalue weighted by molar-refractivity contribution is -0.212. The number of carbonyl (C=O) groups excluding carboxylic acids is 1. The van der Waals surface area contributed by atoms with Crippen LogP contribution in [0.15, 0.2) is 24.3 Å². The predicted molar refractivity (Wildman–Crippen MR) is 103 cm³/mol. The molecule has 3 saturated heterocycles. The van der Waals surface area contributed by atoms with E-state index in [0.717, 1.165) is 18.4 Å². The number of hydrogen-bond acceptors (Lipinski definition) is 4. The molecule has 1 aromatic carbocycles. The third-order valence-electron chi connectivity index (χ3n) is 6.73. The number of piperidine rings is 1. The van der Waals surface area contributed by atoms with Crippen molar-refractivity contribution in [3.05, 3.63) is 35.4 Å². The van der Waals surface area contributed by atoms with E-state index in [0.29, 0.717) is 39.4 Å². The maximum Gasteiger partial charge on any atom is 0.254 e. The molecule has 3 aliphatic heterocycles. The van der Waals surface area contributed by atoms with Crippen LogP contribution < -0.4 is 0 Å². The number of carbonyl (C=O) groups is 1. The highest BCUT2D eigenvalue weighted by atomic mass is 16.5. The highest BCUT2D eigenvalue weighted by molar-refractivity contribution is 5.94. The molecule has 0 spiro atoms. The summed E-state index contributed by atoms with van der Waals surface area (Å²) in [6, 6.07) is 8.12. The van der Waals surface area contributed by atoms with Crippen LogP contribution in [0.4, 0.5) is 0 Å². The van der Waals surface area contributed by atoms with E-state index in [-0.39, 0.29) is 23.8 Å². The molecule has 148 valence electrons. The minimum absolute atomic E-state index is 0.0262. The molecule has 0 aliphatic carbocycles. The smallest absolute Gasteiger partial charge is 0.254 e. The van der Waals surface area contributed by atoms with E-state index in [1.54, 1.807) is 0 Å². The predicted octanol–water partition coefficient (Wildman–Crippen LogP) is 2.66. The molecule has 0 radical (unpaired) electrons.